The normalized spacial score (nSPS) is 16.3. The molecule has 2 aromatic rings. The van der Waals surface area contributed by atoms with Crippen molar-refractivity contribution in [2.75, 3.05) is 6.61 Å². The third-order valence-corrected chi connectivity index (χ3v) is 4.41. The van der Waals surface area contributed by atoms with Crippen LogP contribution in [0.1, 0.15) is 37.9 Å². The lowest BCUT2D eigenvalue weighted by atomic mass is 9.86. The van der Waals surface area contributed by atoms with Gasteiger partial charge in [-0.15, -0.1) is 0 Å². The topological polar surface area (TPSA) is 61.3 Å². The molecule has 0 saturated carbocycles. The van der Waals surface area contributed by atoms with E-state index in [2.05, 4.69) is 11.9 Å². The average molecular weight is 326 g/mol. The van der Waals surface area contributed by atoms with Gasteiger partial charge in [-0.1, -0.05) is 13.3 Å². The number of carbonyl (C=O) groups excluding carboxylic acids is 1. The lowest BCUT2D eigenvalue weighted by molar-refractivity contribution is 0.104. The van der Waals surface area contributed by atoms with Gasteiger partial charge in [0.1, 0.15) is 5.75 Å². The number of aromatic nitrogens is 2. The zero-order valence-corrected chi connectivity index (χ0v) is 14.1. The molecule has 1 aliphatic carbocycles. The molecule has 3 rings (SSSR count). The number of aryl methyl sites for hydroxylation is 1. The summed E-state index contributed by atoms with van der Waals surface area (Å²) in [5.74, 6) is 1.92. The summed E-state index contributed by atoms with van der Waals surface area (Å²) in [5.41, 5.74) is 3.35. The van der Waals surface area contributed by atoms with Gasteiger partial charge in [-0.25, -0.2) is 14.8 Å². The van der Waals surface area contributed by atoms with Gasteiger partial charge in [0.05, 0.1) is 6.61 Å². The molecule has 0 radical (unpaired) electrons. The Morgan fingerprint density at radius 3 is 2.75 bits per heavy atom. The third-order valence-electron chi connectivity index (χ3n) is 4.41. The molecule has 1 aliphatic rings. The molecule has 5 nitrogen and oxygen atoms in total. The molecule has 0 saturated heterocycles. The highest BCUT2D eigenvalue weighted by Crippen LogP contribution is 2.28. The van der Waals surface area contributed by atoms with Crippen molar-refractivity contribution in [3.05, 3.63) is 41.7 Å². The van der Waals surface area contributed by atoms with Crippen molar-refractivity contribution in [1.82, 2.24) is 9.97 Å². The Balaban J connectivity index is 1.74. The van der Waals surface area contributed by atoms with Crippen molar-refractivity contribution in [2.45, 2.75) is 39.5 Å². The zero-order valence-electron chi connectivity index (χ0n) is 14.1. The predicted octanol–water partition coefficient (Wildman–Crippen LogP) is 4.19. The smallest absolute Gasteiger partial charge is 0.434 e. The molecule has 0 bridgehead atoms. The second-order valence-corrected chi connectivity index (χ2v) is 5.99. The van der Waals surface area contributed by atoms with Crippen molar-refractivity contribution in [2.24, 2.45) is 5.92 Å². The van der Waals surface area contributed by atoms with E-state index in [1.165, 1.54) is 18.4 Å². The fraction of sp³-hybridized carbons (Fsp3) is 0.421. The van der Waals surface area contributed by atoms with Crippen LogP contribution in [0.15, 0.2) is 30.5 Å². The van der Waals surface area contributed by atoms with E-state index in [0.717, 1.165) is 30.0 Å². The van der Waals surface area contributed by atoms with Gasteiger partial charge in [0.15, 0.2) is 5.82 Å². The summed E-state index contributed by atoms with van der Waals surface area (Å²) in [4.78, 5) is 20.5. The van der Waals surface area contributed by atoms with Gasteiger partial charge in [-0.2, -0.15) is 0 Å². The van der Waals surface area contributed by atoms with Crippen LogP contribution < -0.4 is 4.74 Å². The van der Waals surface area contributed by atoms with E-state index in [9.17, 15) is 4.79 Å². The second kappa shape index (κ2) is 7.43. The minimum absolute atomic E-state index is 0.290. The Morgan fingerprint density at radius 1 is 1.25 bits per heavy atom. The summed E-state index contributed by atoms with van der Waals surface area (Å²) < 4.78 is 9.81. The van der Waals surface area contributed by atoms with Crippen LogP contribution in [0.5, 0.6) is 5.75 Å². The van der Waals surface area contributed by atoms with Crippen LogP contribution in [-0.2, 0) is 17.6 Å². The molecule has 24 heavy (non-hydrogen) atoms. The van der Waals surface area contributed by atoms with Crippen LogP contribution in [-0.4, -0.2) is 22.7 Å². The molecule has 1 unspecified atom stereocenters. The largest absolute Gasteiger partial charge is 0.513 e. The molecule has 1 atom stereocenters. The van der Waals surface area contributed by atoms with E-state index >= 15 is 0 Å². The summed E-state index contributed by atoms with van der Waals surface area (Å²) in [5, 5.41) is 0. The highest BCUT2D eigenvalue weighted by atomic mass is 16.7. The first-order chi connectivity index (χ1) is 11.7. The van der Waals surface area contributed by atoms with Crippen molar-refractivity contribution in [3.8, 4) is 17.1 Å². The molecule has 0 fully saturated rings. The number of hydrogen-bond acceptors (Lipinski definition) is 5. The Labute approximate surface area is 142 Å². The van der Waals surface area contributed by atoms with Crippen LogP contribution in [0.25, 0.3) is 11.4 Å². The first kappa shape index (κ1) is 16.4. The maximum absolute atomic E-state index is 11.3. The number of carbonyl (C=O) groups is 1. The van der Waals surface area contributed by atoms with Crippen molar-refractivity contribution < 1.29 is 14.3 Å². The third kappa shape index (κ3) is 3.72. The highest BCUT2D eigenvalue weighted by molar-refractivity contribution is 5.65. The summed E-state index contributed by atoms with van der Waals surface area (Å²) in [6.07, 6.45) is 5.78. The Bertz CT molecular complexity index is 713. The first-order valence-corrected chi connectivity index (χ1v) is 8.49. The average Bonchev–Trinajstić information content (AvgIpc) is 2.61. The Hall–Kier alpha value is -2.43. The summed E-state index contributed by atoms with van der Waals surface area (Å²) in [6.45, 7) is 4.27. The quantitative estimate of drug-likeness (QED) is 0.622. The summed E-state index contributed by atoms with van der Waals surface area (Å²) >= 11 is 0. The molecule has 126 valence electrons. The van der Waals surface area contributed by atoms with E-state index in [4.69, 9.17) is 14.5 Å². The van der Waals surface area contributed by atoms with Crippen LogP contribution in [0, 0.1) is 5.92 Å². The van der Waals surface area contributed by atoms with Gasteiger partial charge in [-0.05, 0) is 61.9 Å². The fourth-order valence-corrected chi connectivity index (χ4v) is 2.99. The maximum atomic E-state index is 11.3. The Morgan fingerprint density at radius 2 is 2.04 bits per heavy atom. The second-order valence-electron chi connectivity index (χ2n) is 5.99. The van der Waals surface area contributed by atoms with E-state index < -0.39 is 6.16 Å². The van der Waals surface area contributed by atoms with Gasteiger partial charge >= 0.3 is 6.16 Å². The standard InChI is InChI=1S/C19H22N2O3/c1-3-13-5-10-17-15(11-13)12-20-18(21-17)14-6-8-16(9-7-14)24-19(22)23-4-2/h6-9,12-13H,3-5,10-11H2,1-2H3. The number of ether oxygens (including phenoxy) is 2. The van der Waals surface area contributed by atoms with Gasteiger partial charge in [-0.3, -0.25) is 0 Å². The highest BCUT2D eigenvalue weighted by Gasteiger charge is 2.19. The monoisotopic (exact) mass is 326 g/mol. The van der Waals surface area contributed by atoms with Crippen molar-refractivity contribution >= 4 is 6.16 Å². The molecule has 0 amide bonds. The molecular formula is C19H22N2O3. The number of rotatable bonds is 4. The lowest BCUT2D eigenvalue weighted by Gasteiger charge is -2.22. The molecule has 1 heterocycles. The SMILES string of the molecule is CCOC(=O)Oc1ccc(-c2ncc3c(n2)CCC(CC)C3)cc1. The number of benzene rings is 1. The molecule has 5 heteroatoms. The molecule has 1 aromatic carbocycles. The van der Waals surface area contributed by atoms with Crippen molar-refractivity contribution in [3.63, 3.8) is 0 Å². The van der Waals surface area contributed by atoms with Gasteiger partial charge in [0, 0.05) is 17.5 Å². The van der Waals surface area contributed by atoms with E-state index in [-0.39, 0.29) is 0 Å². The van der Waals surface area contributed by atoms with E-state index in [0.29, 0.717) is 18.2 Å². The summed E-state index contributed by atoms with van der Waals surface area (Å²) in [7, 11) is 0. The summed E-state index contributed by atoms with van der Waals surface area (Å²) in [6, 6.07) is 7.16. The van der Waals surface area contributed by atoms with E-state index in [1.807, 2.05) is 18.3 Å². The first-order valence-electron chi connectivity index (χ1n) is 8.49. The van der Waals surface area contributed by atoms with Crippen molar-refractivity contribution in [1.29, 1.82) is 0 Å². The van der Waals surface area contributed by atoms with Crippen LogP contribution in [0.3, 0.4) is 0 Å². The van der Waals surface area contributed by atoms with Gasteiger partial charge < -0.3 is 9.47 Å². The Kier molecular flexibility index (Phi) is 5.08. The van der Waals surface area contributed by atoms with Crippen LogP contribution in [0.4, 0.5) is 4.79 Å². The molecule has 0 aliphatic heterocycles. The predicted molar refractivity (Wildman–Crippen MR) is 90.9 cm³/mol. The van der Waals surface area contributed by atoms with Gasteiger partial charge in [0.25, 0.3) is 0 Å². The van der Waals surface area contributed by atoms with E-state index in [1.54, 1.807) is 19.1 Å². The molecular weight excluding hydrogens is 304 g/mol. The van der Waals surface area contributed by atoms with Crippen LogP contribution in [0.2, 0.25) is 0 Å². The lowest BCUT2D eigenvalue weighted by Crippen LogP contribution is -2.15. The molecule has 0 N–H and O–H groups in total. The minimum atomic E-state index is -0.694. The molecule has 1 aromatic heterocycles. The number of hydrogen-bond donors (Lipinski definition) is 0. The number of nitrogens with zero attached hydrogens (tertiary/aromatic N) is 2. The molecule has 0 spiro atoms. The zero-order chi connectivity index (χ0) is 16.9. The maximum Gasteiger partial charge on any atom is 0.513 e. The van der Waals surface area contributed by atoms with Gasteiger partial charge in [0.2, 0.25) is 0 Å². The van der Waals surface area contributed by atoms with Crippen LogP contribution >= 0.6 is 0 Å². The fourth-order valence-electron chi connectivity index (χ4n) is 2.99. The number of fused-ring (bicyclic) bond motifs is 1. The minimum Gasteiger partial charge on any atom is -0.434 e.